The molecule has 0 spiro atoms. The van der Waals surface area contributed by atoms with E-state index in [0.717, 1.165) is 24.6 Å². The Hall–Kier alpha value is -1.61. The van der Waals surface area contributed by atoms with Gasteiger partial charge in [-0.25, -0.2) is 0 Å². The van der Waals surface area contributed by atoms with E-state index in [0.29, 0.717) is 6.04 Å². The number of benzene rings is 1. The van der Waals surface area contributed by atoms with Crippen LogP contribution < -0.4 is 10.6 Å². The van der Waals surface area contributed by atoms with Gasteiger partial charge >= 0.3 is 0 Å². The lowest BCUT2D eigenvalue weighted by Crippen LogP contribution is -2.46. The molecule has 1 aliphatic rings. The number of aromatic nitrogens is 2. The summed E-state index contributed by atoms with van der Waals surface area (Å²) >= 11 is 0. The van der Waals surface area contributed by atoms with E-state index in [9.17, 15) is 0 Å². The predicted molar refractivity (Wildman–Crippen MR) is 140 cm³/mol. The zero-order valence-electron chi connectivity index (χ0n) is 19.9. The molecule has 7 heteroatoms. The van der Waals surface area contributed by atoms with Crippen LogP contribution in [-0.4, -0.2) is 53.4 Å². The minimum Gasteiger partial charge on any atom is -0.354 e. The lowest BCUT2D eigenvalue weighted by atomic mass is 10.0. The number of rotatable bonds is 7. The second kappa shape index (κ2) is 11.9. The zero-order chi connectivity index (χ0) is 21.7. The van der Waals surface area contributed by atoms with E-state index in [1.165, 1.54) is 48.3 Å². The second-order valence-corrected chi connectivity index (χ2v) is 8.65. The van der Waals surface area contributed by atoms with Gasteiger partial charge in [0, 0.05) is 32.4 Å². The zero-order valence-corrected chi connectivity index (χ0v) is 22.2. The summed E-state index contributed by atoms with van der Waals surface area (Å²) in [7, 11) is 3.85. The van der Waals surface area contributed by atoms with E-state index in [1.54, 1.807) is 0 Å². The van der Waals surface area contributed by atoms with Gasteiger partial charge in [0.15, 0.2) is 5.96 Å². The van der Waals surface area contributed by atoms with E-state index in [1.807, 2.05) is 18.8 Å². The molecular formula is C24H39IN6. The topological polar surface area (TPSA) is 57.5 Å². The summed E-state index contributed by atoms with van der Waals surface area (Å²) in [6, 6.07) is 9.60. The third kappa shape index (κ3) is 6.68. The summed E-state index contributed by atoms with van der Waals surface area (Å²) < 4.78 is 1.96. The van der Waals surface area contributed by atoms with Crippen LogP contribution in [0.5, 0.6) is 0 Å². The molecule has 1 aromatic heterocycles. The molecule has 2 atom stereocenters. The second-order valence-electron chi connectivity index (χ2n) is 8.65. The molecule has 1 fully saturated rings. The average molecular weight is 539 g/mol. The Morgan fingerprint density at radius 1 is 1.13 bits per heavy atom. The molecule has 0 bridgehead atoms. The maximum Gasteiger partial charge on any atom is 0.191 e. The number of hydrogen-bond acceptors (Lipinski definition) is 3. The molecule has 1 aliphatic heterocycles. The van der Waals surface area contributed by atoms with Gasteiger partial charge in [-0.1, -0.05) is 29.8 Å². The first kappa shape index (κ1) is 25.6. The van der Waals surface area contributed by atoms with Crippen molar-refractivity contribution in [2.75, 3.05) is 26.7 Å². The van der Waals surface area contributed by atoms with Crippen LogP contribution in [0, 0.1) is 20.8 Å². The van der Waals surface area contributed by atoms with Crippen LogP contribution in [0.1, 0.15) is 53.9 Å². The summed E-state index contributed by atoms with van der Waals surface area (Å²) in [5.41, 5.74) is 6.35. The highest BCUT2D eigenvalue weighted by atomic mass is 127. The highest BCUT2D eigenvalue weighted by Crippen LogP contribution is 2.25. The highest BCUT2D eigenvalue weighted by molar-refractivity contribution is 14.0. The van der Waals surface area contributed by atoms with Gasteiger partial charge < -0.3 is 10.6 Å². The van der Waals surface area contributed by atoms with Crippen molar-refractivity contribution in [1.29, 1.82) is 0 Å². The molecule has 2 aromatic rings. The minimum atomic E-state index is 0. The summed E-state index contributed by atoms with van der Waals surface area (Å²) in [6.07, 6.45) is 3.51. The first-order chi connectivity index (χ1) is 14.4. The van der Waals surface area contributed by atoms with Crippen molar-refractivity contribution in [3.8, 4) is 0 Å². The van der Waals surface area contributed by atoms with Gasteiger partial charge in [-0.3, -0.25) is 14.6 Å². The fourth-order valence-electron chi connectivity index (χ4n) is 4.39. The Balaban J connectivity index is 0.00000341. The number of aryl methyl sites for hydroxylation is 3. The van der Waals surface area contributed by atoms with Crippen LogP contribution >= 0.6 is 24.0 Å². The van der Waals surface area contributed by atoms with Gasteiger partial charge in [-0.15, -0.1) is 24.0 Å². The summed E-state index contributed by atoms with van der Waals surface area (Å²) in [6.45, 7) is 11.8. The maximum absolute atomic E-state index is 4.54. The van der Waals surface area contributed by atoms with Crippen molar-refractivity contribution in [1.82, 2.24) is 25.3 Å². The van der Waals surface area contributed by atoms with Crippen molar-refractivity contribution < 1.29 is 0 Å². The largest absolute Gasteiger partial charge is 0.354 e. The van der Waals surface area contributed by atoms with Crippen LogP contribution in [0.15, 0.2) is 29.3 Å². The Morgan fingerprint density at radius 2 is 1.77 bits per heavy atom. The molecule has 172 valence electrons. The summed E-state index contributed by atoms with van der Waals surface area (Å²) in [5.74, 6) is 0.859. The highest BCUT2D eigenvalue weighted by Gasteiger charge is 2.24. The fourth-order valence-corrected chi connectivity index (χ4v) is 4.39. The van der Waals surface area contributed by atoms with Crippen molar-refractivity contribution in [3.63, 3.8) is 0 Å². The molecule has 2 heterocycles. The van der Waals surface area contributed by atoms with Crippen LogP contribution in [0.4, 0.5) is 0 Å². The normalized spacial score (nSPS) is 16.6. The van der Waals surface area contributed by atoms with Crippen molar-refractivity contribution in [3.05, 3.63) is 52.3 Å². The third-order valence-electron chi connectivity index (χ3n) is 6.28. The first-order valence-electron chi connectivity index (χ1n) is 11.2. The molecule has 0 amide bonds. The third-order valence-corrected chi connectivity index (χ3v) is 6.28. The predicted octanol–water partition coefficient (Wildman–Crippen LogP) is 3.90. The van der Waals surface area contributed by atoms with Gasteiger partial charge in [0.25, 0.3) is 0 Å². The van der Waals surface area contributed by atoms with E-state index < -0.39 is 0 Å². The summed E-state index contributed by atoms with van der Waals surface area (Å²) in [4.78, 5) is 7.08. The standard InChI is InChI=1S/C24H38N6.HI/c1-17-9-11-21(12-10-17)23(30-13-7-8-14-30)16-26-24(25-5)27-18(2)15-22-19(3)28-29(6)20(22)4;/h9-12,18,23H,7-8,13-16H2,1-6H3,(H2,25,26,27);1H. The number of nitrogens with one attached hydrogen (secondary N) is 2. The van der Waals surface area contributed by atoms with Crippen LogP contribution in [0.3, 0.4) is 0 Å². The Bertz CT molecular complexity index is 852. The van der Waals surface area contributed by atoms with Crippen molar-refractivity contribution in [2.45, 2.75) is 59.0 Å². The molecule has 2 N–H and O–H groups in total. The van der Waals surface area contributed by atoms with Gasteiger partial charge in [-0.05, 0) is 71.2 Å². The molecule has 31 heavy (non-hydrogen) atoms. The van der Waals surface area contributed by atoms with E-state index in [-0.39, 0.29) is 30.0 Å². The molecule has 1 saturated heterocycles. The first-order valence-corrected chi connectivity index (χ1v) is 11.2. The molecule has 1 aromatic carbocycles. The Morgan fingerprint density at radius 3 is 2.32 bits per heavy atom. The van der Waals surface area contributed by atoms with E-state index in [4.69, 9.17) is 0 Å². The Labute approximate surface area is 204 Å². The lowest BCUT2D eigenvalue weighted by molar-refractivity contribution is 0.245. The Kier molecular flexibility index (Phi) is 9.81. The quantitative estimate of drug-likeness (QED) is 0.319. The number of likely N-dealkylation sites (tertiary alicyclic amines) is 1. The number of halogens is 1. The van der Waals surface area contributed by atoms with E-state index >= 15 is 0 Å². The van der Waals surface area contributed by atoms with Crippen molar-refractivity contribution >= 4 is 29.9 Å². The van der Waals surface area contributed by atoms with Gasteiger partial charge in [-0.2, -0.15) is 5.10 Å². The SMILES string of the molecule is CN=C(NCC(c1ccc(C)cc1)N1CCCC1)NC(C)Cc1c(C)nn(C)c1C.I. The molecule has 0 saturated carbocycles. The molecule has 0 radical (unpaired) electrons. The van der Waals surface area contributed by atoms with Crippen LogP contribution in [-0.2, 0) is 13.5 Å². The molecular weight excluding hydrogens is 499 g/mol. The van der Waals surface area contributed by atoms with E-state index in [2.05, 4.69) is 77.6 Å². The monoisotopic (exact) mass is 538 g/mol. The van der Waals surface area contributed by atoms with Crippen molar-refractivity contribution in [2.24, 2.45) is 12.0 Å². The lowest BCUT2D eigenvalue weighted by Gasteiger charge is -2.29. The average Bonchev–Trinajstić information content (AvgIpc) is 3.33. The van der Waals surface area contributed by atoms with Crippen LogP contribution in [0.2, 0.25) is 0 Å². The van der Waals surface area contributed by atoms with Crippen LogP contribution in [0.25, 0.3) is 0 Å². The molecule has 2 unspecified atom stereocenters. The number of nitrogens with zero attached hydrogens (tertiary/aromatic N) is 4. The fraction of sp³-hybridized carbons (Fsp3) is 0.583. The van der Waals surface area contributed by atoms with Gasteiger partial charge in [0.1, 0.15) is 0 Å². The number of guanidine groups is 1. The smallest absolute Gasteiger partial charge is 0.191 e. The number of aliphatic imine (C=N–C) groups is 1. The maximum atomic E-state index is 4.54. The molecule has 3 rings (SSSR count). The number of hydrogen-bond donors (Lipinski definition) is 2. The molecule has 0 aliphatic carbocycles. The van der Waals surface area contributed by atoms with Gasteiger partial charge in [0.05, 0.1) is 11.7 Å². The summed E-state index contributed by atoms with van der Waals surface area (Å²) in [5, 5.41) is 11.7. The minimum absolute atomic E-state index is 0. The van der Waals surface area contributed by atoms with Gasteiger partial charge in [0.2, 0.25) is 0 Å². The molecule has 6 nitrogen and oxygen atoms in total.